The Kier molecular flexibility index (Phi) is 7.04. The Balaban J connectivity index is 1.32. The van der Waals surface area contributed by atoms with Gasteiger partial charge in [0.15, 0.2) is 6.61 Å². The molecule has 184 valence electrons. The molecule has 4 rings (SSSR count). The van der Waals surface area contributed by atoms with Crippen molar-refractivity contribution in [2.24, 2.45) is 0 Å². The highest BCUT2D eigenvalue weighted by atomic mass is 16.5. The van der Waals surface area contributed by atoms with Crippen molar-refractivity contribution in [2.45, 2.75) is 50.5 Å². The Morgan fingerprint density at radius 3 is 2.31 bits per heavy atom. The number of amides is 4. The predicted octanol–water partition coefficient (Wildman–Crippen LogP) is 3.40. The van der Waals surface area contributed by atoms with Crippen LogP contribution in [-0.4, -0.2) is 42.5 Å². The molecule has 1 saturated heterocycles. The van der Waals surface area contributed by atoms with Crippen LogP contribution in [0, 0.1) is 0 Å². The van der Waals surface area contributed by atoms with Crippen LogP contribution in [-0.2, 0) is 19.9 Å². The topological polar surface area (TPSA) is 114 Å². The quantitative estimate of drug-likeness (QED) is 0.465. The number of hydrogen-bond acceptors (Lipinski definition) is 6. The Hall–Kier alpha value is -3.88. The summed E-state index contributed by atoms with van der Waals surface area (Å²) in [4.78, 5) is 50.0. The van der Waals surface area contributed by atoms with Crippen molar-refractivity contribution in [1.82, 2.24) is 15.8 Å². The molecule has 0 bridgehead atoms. The Morgan fingerprint density at radius 1 is 1.03 bits per heavy atom. The third-order valence-electron chi connectivity index (χ3n) is 6.65. The van der Waals surface area contributed by atoms with Crippen molar-refractivity contribution in [3.05, 3.63) is 65.2 Å². The van der Waals surface area contributed by atoms with E-state index in [1.54, 1.807) is 36.4 Å². The van der Waals surface area contributed by atoms with E-state index in [9.17, 15) is 19.2 Å². The fourth-order valence-corrected chi connectivity index (χ4v) is 4.56. The van der Waals surface area contributed by atoms with E-state index >= 15 is 0 Å². The zero-order chi connectivity index (χ0) is 25.0. The summed E-state index contributed by atoms with van der Waals surface area (Å²) in [7, 11) is 1.52. The van der Waals surface area contributed by atoms with E-state index in [1.807, 2.05) is 12.1 Å². The van der Waals surface area contributed by atoms with E-state index in [4.69, 9.17) is 9.47 Å². The zero-order valence-electron chi connectivity index (χ0n) is 19.8. The highest BCUT2D eigenvalue weighted by Crippen LogP contribution is 2.32. The number of nitrogens with zero attached hydrogens (tertiary/aromatic N) is 1. The summed E-state index contributed by atoms with van der Waals surface area (Å²) in [6, 6.07) is 13.1. The van der Waals surface area contributed by atoms with Gasteiger partial charge in [-0.05, 0) is 61.1 Å². The SMILES string of the molecule is COc1ccc([C@@]2(C)NC(=O)N(NC(=O)COC(=O)c3ccc(C4CCCCC4)cc3)C2=O)cc1. The van der Waals surface area contributed by atoms with Crippen LogP contribution in [0.25, 0.3) is 0 Å². The van der Waals surface area contributed by atoms with Gasteiger partial charge in [-0.2, -0.15) is 5.01 Å². The fourth-order valence-electron chi connectivity index (χ4n) is 4.56. The summed E-state index contributed by atoms with van der Waals surface area (Å²) in [5.41, 5.74) is 2.91. The zero-order valence-corrected chi connectivity index (χ0v) is 19.8. The van der Waals surface area contributed by atoms with Gasteiger partial charge in [0.25, 0.3) is 11.8 Å². The van der Waals surface area contributed by atoms with Crippen molar-refractivity contribution in [3.8, 4) is 5.75 Å². The van der Waals surface area contributed by atoms with Crippen LogP contribution in [0.15, 0.2) is 48.5 Å². The third kappa shape index (κ3) is 5.13. The van der Waals surface area contributed by atoms with Gasteiger partial charge in [0, 0.05) is 0 Å². The van der Waals surface area contributed by atoms with Crippen molar-refractivity contribution in [3.63, 3.8) is 0 Å². The molecule has 0 aromatic heterocycles. The van der Waals surface area contributed by atoms with Crippen molar-refractivity contribution in [2.75, 3.05) is 13.7 Å². The number of carbonyl (C=O) groups excluding carboxylic acids is 4. The Bertz CT molecular complexity index is 1110. The molecule has 2 aromatic carbocycles. The number of ether oxygens (including phenoxy) is 2. The molecule has 1 heterocycles. The lowest BCUT2D eigenvalue weighted by Gasteiger charge is -2.22. The summed E-state index contributed by atoms with van der Waals surface area (Å²) in [6.07, 6.45) is 6.03. The molecule has 2 aliphatic rings. The van der Waals surface area contributed by atoms with Gasteiger partial charge in [0.05, 0.1) is 12.7 Å². The molecule has 0 spiro atoms. The molecule has 1 saturated carbocycles. The van der Waals surface area contributed by atoms with Gasteiger partial charge in [0.2, 0.25) is 0 Å². The van der Waals surface area contributed by atoms with Crippen LogP contribution >= 0.6 is 0 Å². The number of urea groups is 1. The maximum absolute atomic E-state index is 12.9. The van der Waals surface area contributed by atoms with Gasteiger partial charge >= 0.3 is 12.0 Å². The smallest absolute Gasteiger partial charge is 0.344 e. The van der Waals surface area contributed by atoms with Crippen molar-refractivity contribution < 1.29 is 28.7 Å². The van der Waals surface area contributed by atoms with E-state index in [0.29, 0.717) is 27.8 Å². The molecule has 1 aliphatic heterocycles. The Labute approximate surface area is 203 Å². The lowest BCUT2D eigenvalue weighted by molar-refractivity contribution is -0.140. The van der Waals surface area contributed by atoms with E-state index in [1.165, 1.54) is 38.9 Å². The molecule has 9 nitrogen and oxygen atoms in total. The number of methoxy groups -OCH3 is 1. The number of hydrazine groups is 1. The second kappa shape index (κ2) is 10.2. The molecular formula is C26H29N3O6. The second-order valence-electron chi connectivity index (χ2n) is 8.99. The molecule has 0 unspecified atom stereocenters. The predicted molar refractivity (Wildman–Crippen MR) is 126 cm³/mol. The standard InChI is InChI=1S/C26H29N3O6/c1-26(20-12-14-21(34-2)15-13-20)24(32)29(25(33)27-26)28-22(30)16-35-23(31)19-10-8-18(9-11-19)17-6-4-3-5-7-17/h8-15,17H,3-7,16H2,1-2H3,(H,27,33)(H,28,30)/t26-/m1/s1. The lowest BCUT2D eigenvalue weighted by atomic mass is 9.84. The summed E-state index contributed by atoms with van der Waals surface area (Å²) < 4.78 is 10.2. The van der Waals surface area contributed by atoms with Crippen LogP contribution in [0.5, 0.6) is 5.75 Å². The number of imide groups is 1. The Morgan fingerprint density at radius 2 is 1.69 bits per heavy atom. The lowest BCUT2D eigenvalue weighted by Crippen LogP contribution is -2.49. The number of nitrogens with one attached hydrogen (secondary N) is 2. The minimum Gasteiger partial charge on any atom is -0.497 e. The van der Waals surface area contributed by atoms with Crippen molar-refractivity contribution in [1.29, 1.82) is 0 Å². The number of carbonyl (C=O) groups is 4. The summed E-state index contributed by atoms with van der Waals surface area (Å²) in [5.74, 6) is -1.00. The molecular weight excluding hydrogens is 450 g/mol. The molecule has 0 radical (unpaired) electrons. The highest BCUT2D eigenvalue weighted by molar-refractivity contribution is 6.08. The average Bonchev–Trinajstić information content (AvgIpc) is 3.11. The van der Waals surface area contributed by atoms with E-state index in [0.717, 1.165) is 12.8 Å². The molecule has 1 aliphatic carbocycles. The normalized spacial score (nSPS) is 20.3. The van der Waals surface area contributed by atoms with Gasteiger partial charge < -0.3 is 14.8 Å². The second-order valence-corrected chi connectivity index (χ2v) is 8.99. The van der Waals surface area contributed by atoms with Crippen LogP contribution < -0.4 is 15.5 Å². The minimum atomic E-state index is -1.37. The first kappa shape index (κ1) is 24.3. The van der Waals surface area contributed by atoms with Gasteiger partial charge in [-0.15, -0.1) is 0 Å². The van der Waals surface area contributed by atoms with Gasteiger partial charge in [-0.3, -0.25) is 15.0 Å². The molecule has 2 N–H and O–H groups in total. The highest BCUT2D eigenvalue weighted by Gasteiger charge is 2.50. The first-order valence-electron chi connectivity index (χ1n) is 11.7. The number of esters is 1. The maximum atomic E-state index is 12.9. The van der Waals surface area contributed by atoms with Crippen LogP contribution in [0.2, 0.25) is 0 Å². The van der Waals surface area contributed by atoms with Crippen LogP contribution in [0.1, 0.15) is 66.4 Å². The average molecular weight is 480 g/mol. The van der Waals surface area contributed by atoms with E-state index < -0.39 is 36.0 Å². The van der Waals surface area contributed by atoms with Crippen molar-refractivity contribution >= 4 is 23.8 Å². The third-order valence-corrected chi connectivity index (χ3v) is 6.65. The van der Waals surface area contributed by atoms with Gasteiger partial charge in [0.1, 0.15) is 11.3 Å². The first-order valence-corrected chi connectivity index (χ1v) is 11.7. The summed E-state index contributed by atoms with van der Waals surface area (Å²) in [5, 5.41) is 3.18. The number of hydrogen-bond donors (Lipinski definition) is 2. The fraction of sp³-hybridized carbons (Fsp3) is 0.385. The molecule has 1 atom stereocenters. The van der Waals surface area contributed by atoms with E-state index in [-0.39, 0.29) is 0 Å². The number of benzene rings is 2. The maximum Gasteiger partial charge on any atom is 0.344 e. The van der Waals surface area contributed by atoms with Gasteiger partial charge in [-0.25, -0.2) is 9.59 Å². The molecule has 2 aromatic rings. The number of rotatable bonds is 7. The molecule has 2 fully saturated rings. The minimum absolute atomic E-state index is 0.333. The molecule has 35 heavy (non-hydrogen) atoms. The molecule has 4 amide bonds. The molecule has 9 heteroatoms. The summed E-state index contributed by atoms with van der Waals surface area (Å²) >= 11 is 0. The summed E-state index contributed by atoms with van der Waals surface area (Å²) in [6.45, 7) is 0.901. The largest absolute Gasteiger partial charge is 0.497 e. The van der Waals surface area contributed by atoms with E-state index in [2.05, 4.69) is 10.7 Å². The van der Waals surface area contributed by atoms with Gasteiger partial charge in [-0.1, -0.05) is 43.5 Å². The first-order chi connectivity index (χ1) is 16.8. The van der Waals surface area contributed by atoms with Crippen LogP contribution in [0.3, 0.4) is 0 Å². The van der Waals surface area contributed by atoms with Crippen LogP contribution in [0.4, 0.5) is 4.79 Å². The monoisotopic (exact) mass is 479 g/mol.